The summed E-state index contributed by atoms with van der Waals surface area (Å²) in [6.45, 7) is 0.661. The lowest BCUT2D eigenvalue weighted by molar-refractivity contribution is -0.249. The Balaban J connectivity index is 1.96. The van der Waals surface area contributed by atoms with Gasteiger partial charge < -0.3 is 9.41 Å². The van der Waals surface area contributed by atoms with Crippen molar-refractivity contribution in [3.05, 3.63) is 48.0 Å². The lowest BCUT2D eigenvalue weighted by Crippen LogP contribution is -2.26. The standard InChI is InChI=1S/C18H20N2O4S/c1-19-15-9-8-13(10-12-21)14-5-3-6-16(18(14)15)20(25-19)11-4-7-17(22)24-23-2/h3-9,21H,10-12H2,1-2H3/b7-4+. The average molecular weight is 360 g/mol. The third kappa shape index (κ3) is 3.58. The lowest BCUT2D eigenvalue weighted by Gasteiger charge is -2.35. The van der Waals surface area contributed by atoms with E-state index in [-0.39, 0.29) is 6.61 Å². The van der Waals surface area contributed by atoms with Gasteiger partial charge in [0.1, 0.15) is 0 Å². The van der Waals surface area contributed by atoms with Crippen molar-refractivity contribution in [3.8, 4) is 0 Å². The van der Waals surface area contributed by atoms with Crippen molar-refractivity contribution in [2.24, 2.45) is 0 Å². The first-order valence-electron chi connectivity index (χ1n) is 7.91. The summed E-state index contributed by atoms with van der Waals surface area (Å²) < 4.78 is 4.20. The number of nitrogens with zero attached hydrogens (tertiary/aromatic N) is 2. The van der Waals surface area contributed by atoms with Crippen LogP contribution in [0.15, 0.2) is 42.5 Å². The summed E-state index contributed by atoms with van der Waals surface area (Å²) in [5.41, 5.74) is 3.35. The van der Waals surface area contributed by atoms with Crippen molar-refractivity contribution in [1.29, 1.82) is 0 Å². The molecular weight excluding hydrogens is 340 g/mol. The summed E-state index contributed by atoms with van der Waals surface area (Å²) in [4.78, 5) is 20.1. The van der Waals surface area contributed by atoms with E-state index in [0.717, 1.165) is 27.7 Å². The summed E-state index contributed by atoms with van der Waals surface area (Å²) >= 11 is 1.57. The molecule has 0 unspecified atom stereocenters. The van der Waals surface area contributed by atoms with Crippen molar-refractivity contribution in [2.75, 3.05) is 35.9 Å². The van der Waals surface area contributed by atoms with Crippen LogP contribution in [0.4, 0.5) is 11.4 Å². The Hall–Kier alpha value is -2.22. The Labute approximate surface area is 150 Å². The van der Waals surface area contributed by atoms with E-state index in [1.807, 2.05) is 13.1 Å². The molecule has 1 N–H and O–H groups in total. The van der Waals surface area contributed by atoms with E-state index in [1.165, 1.54) is 13.2 Å². The highest BCUT2D eigenvalue weighted by atomic mass is 32.2. The zero-order valence-corrected chi connectivity index (χ0v) is 15.0. The molecule has 7 heteroatoms. The highest BCUT2D eigenvalue weighted by molar-refractivity contribution is 8.02. The van der Waals surface area contributed by atoms with Gasteiger partial charge in [0.15, 0.2) is 0 Å². The number of anilines is 2. The van der Waals surface area contributed by atoms with E-state index in [9.17, 15) is 9.90 Å². The van der Waals surface area contributed by atoms with Crippen LogP contribution in [0.25, 0.3) is 10.8 Å². The minimum atomic E-state index is -0.540. The molecule has 2 aromatic rings. The minimum absolute atomic E-state index is 0.122. The van der Waals surface area contributed by atoms with Crippen molar-refractivity contribution >= 4 is 40.3 Å². The van der Waals surface area contributed by atoms with Crippen LogP contribution in [0.1, 0.15) is 5.56 Å². The molecule has 0 aliphatic carbocycles. The fourth-order valence-electron chi connectivity index (χ4n) is 2.96. The molecule has 1 aliphatic heterocycles. The van der Waals surface area contributed by atoms with Gasteiger partial charge in [0.05, 0.1) is 30.6 Å². The third-order valence-electron chi connectivity index (χ3n) is 3.99. The number of aliphatic hydroxyl groups excluding tert-OH is 1. The molecule has 0 saturated carbocycles. The zero-order chi connectivity index (χ0) is 17.8. The fraction of sp³-hybridized carbons (Fsp3) is 0.278. The van der Waals surface area contributed by atoms with Gasteiger partial charge in [-0.25, -0.2) is 4.79 Å². The molecule has 2 aromatic carbocycles. The number of hydrogen-bond acceptors (Lipinski definition) is 7. The first-order valence-corrected chi connectivity index (χ1v) is 8.64. The van der Waals surface area contributed by atoms with E-state index < -0.39 is 5.97 Å². The maximum atomic E-state index is 11.4. The molecule has 0 atom stereocenters. The van der Waals surface area contributed by atoms with Gasteiger partial charge in [-0.3, -0.25) is 9.19 Å². The van der Waals surface area contributed by atoms with E-state index in [2.05, 4.69) is 42.7 Å². The Bertz CT molecular complexity index is 809. The van der Waals surface area contributed by atoms with Gasteiger partial charge in [-0.15, -0.1) is 0 Å². The predicted molar refractivity (Wildman–Crippen MR) is 100 cm³/mol. The Morgan fingerprint density at radius 2 is 2.12 bits per heavy atom. The number of carbonyl (C=O) groups excluding carboxylic acids is 1. The van der Waals surface area contributed by atoms with Crippen molar-refractivity contribution in [1.82, 2.24) is 0 Å². The van der Waals surface area contributed by atoms with Crippen LogP contribution in [0, 0.1) is 0 Å². The summed E-state index contributed by atoms with van der Waals surface area (Å²) in [6, 6.07) is 10.3. The molecule has 1 aliphatic rings. The Morgan fingerprint density at radius 3 is 2.88 bits per heavy atom. The van der Waals surface area contributed by atoms with Gasteiger partial charge in [-0.1, -0.05) is 24.3 Å². The summed E-state index contributed by atoms with van der Waals surface area (Å²) in [5.74, 6) is -0.540. The van der Waals surface area contributed by atoms with Crippen LogP contribution in [0.2, 0.25) is 0 Å². The smallest absolute Gasteiger partial charge is 0.365 e. The van der Waals surface area contributed by atoms with Crippen LogP contribution in [-0.4, -0.2) is 38.4 Å². The van der Waals surface area contributed by atoms with Crippen molar-refractivity contribution < 1.29 is 19.7 Å². The molecule has 25 heavy (non-hydrogen) atoms. The van der Waals surface area contributed by atoms with E-state index >= 15 is 0 Å². The van der Waals surface area contributed by atoms with Crippen LogP contribution in [0.3, 0.4) is 0 Å². The highest BCUT2D eigenvalue weighted by Crippen LogP contribution is 2.45. The molecule has 0 spiro atoms. The second-order valence-corrected chi connectivity index (χ2v) is 6.68. The second kappa shape index (κ2) is 7.77. The van der Waals surface area contributed by atoms with E-state index in [1.54, 1.807) is 18.2 Å². The summed E-state index contributed by atoms with van der Waals surface area (Å²) in [6.07, 6.45) is 3.71. The number of benzene rings is 2. The Morgan fingerprint density at radius 1 is 1.28 bits per heavy atom. The van der Waals surface area contributed by atoms with Gasteiger partial charge >= 0.3 is 5.97 Å². The van der Waals surface area contributed by atoms with Gasteiger partial charge in [0.25, 0.3) is 0 Å². The molecule has 132 valence electrons. The number of rotatable bonds is 6. The SMILES string of the molecule is COOC(=O)/C=C/CN1SN(C)c2ccc(CCO)c3cccc1c23. The molecule has 0 aromatic heterocycles. The number of carbonyl (C=O) groups is 1. The maximum absolute atomic E-state index is 11.4. The summed E-state index contributed by atoms with van der Waals surface area (Å²) in [7, 11) is 3.31. The molecule has 0 saturated heterocycles. The molecule has 0 fully saturated rings. The number of hydrogen-bond donors (Lipinski definition) is 1. The van der Waals surface area contributed by atoms with E-state index in [4.69, 9.17) is 0 Å². The van der Waals surface area contributed by atoms with Gasteiger partial charge in [0.2, 0.25) is 0 Å². The van der Waals surface area contributed by atoms with Crippen molar-refractivity contribution in [3.63, 3.8) is 0 Å². The zero-order valence-electron chi connectivity index (χ0n) is 14.1. The van der Waals surface area contributed by atoms with Crippen molar-refractivity contribution in [2.45, 2.75) is 6.42 Å². The molecule has 0 amide bonds. The monoisotopic (exact) mass is 360 g/mol. The predicted octanol–water partition coefficient (Wildman–Crippen LogP) is 2.85. The first-order chi connectivity index (χ1) is 12.2. The lowest BCUT2D eigenvalue weighted by atomic mass is 9.99. The third-order valence-corrected chi connectivity index (χ3v) is 4.97. The van der Waals surface area contributed by atoms with Gasteiger partial charge in [-0.2, -0.15) is 4.89 Å². The molecular formula is C18H20N2O4S. The molecule has 3 rings (SSSR count). The molecule has 6 nitrogen and oxygen atoms in total. The number of aliphatic hydroxyl groups is 1. The van der Waals surface area contributed by atoms with Crippen LogP contribution < -0.4 is 8.61 Å². The fourth-order valence-corrected chi connectivity index (χ4v) is 3.89. The molecule has 0 bridgehead atoms. The Kier molecular flexibility index (Phi) is 5.47. The largest absolute Gasteiger partial charge is 0.396 e. The second-order valence-electron chi connectivity index (χ2n) is 5.53. The molecule has 1 heterocycles. The average Bonchev–Trinajstić information content (AvgIpc) is 2.60. The maximum Gasteiger partial charge on any atom is 0.365 e. The quantitative estimate of drug-likeness (QED) is 0.368. The van der Waals surface area contributed by atoms with Crippen LogP contribution >= 0.6 is 12.1 Å². The minimum Gasteiger partial charge on any atom is -0.396 e. The normalized spacial score (nSPS) is 13.7. The highest BCUT2D eigenvalue weighted by Gasteiger charge is 2.23. The first kappa shape index (κ1) is 17.6. The van der Waals surface area contributed by atoms with Crippen LogP contribution in [0.5, 0.6) is 0 Å². The van der Waals surface area contributed by atoms with Gasteiger partial charge in [-0.05, 0) is 29.5 Å². The molecule has 0 radical (unpaired) electrons. The van der Waals surface area contributed by atoms with E-state index in [0.29, 0.717) is 13.0 Å². The van der Waals surface area contributed by atoms with Crippen LogP contribution in [-0.2, 0) is 21.0 Å². The summed E-state index contributed by atoms with van der Waals surface area (Å²) in [5, 5.41) is 11.6. The topological polar surface area (TPSA) is 62.2 Å². The van der Waals surface area contributed by atoms with Gasteiger partial charge in [0, 0.05) is 31.7 Å².